The number of halogens is 1. The standard InChI is InChI=1S/C25H32ClN3O2/c1-19(2)17-31-22-6-4-3-5-21(22)16-28-12-9-25(18-28)10-13-29(14-11-25)24(30)20-7-8-23(26)27-15-20/h3-8,15,19H,9-14,16-18H2,1-2H3. The lowest BCUT2D eigenvalue weighted by molar-refractivity contribution is 0.0587. The van der Waals surface area contributed by atoms with Crippen molar-refractivity contribution in [2.24, 2.45) is 11.3 Å². The first-order valence-electron chi connectivity index (χ1n) is 11.3. The van der Waals surface area contributed by atoms with Crippen LogP contribution in [0.15, 0.2) is 42.6 Å². The Hall–Kier alpha value is -2.11. The molecule has 0 atom stereocenters. The highest BCUT2D eigenvalue weighted by Gasteiger charge is 2.41. The second-order valence-corrected chi connectivity index (χ2v) is 9.82. The lowest BCUT2D eigenvalue weighted by atomic mass is 9.77. The Morgan fingerprint density at radius 3 is 2.58 bits per heavy atom. The van der Waals surface area contributed by atoms with Gasteiger partial charge in [0.05, 0.1) is 12.2 Å². The van der Waals surface area contributed by atoms with E-state index in [1.54, 1.807) is 18.3 Å². The molecule has 2 fully saturated rings. The van der Waals surface area contributed by atoms with E-state index in [0.29, 0.717) is 22.0 Å². The molecule has 5 nitrogen and oxygen atoms in total. The molecule has 3 heterocycles. The first kappa shape index (κ1) is 22.1. The molecule has 2 aliphatic rings. The Bertz CT molecular complexity index is 892. The minimum atomic E-state index is 0.0603. The molecule has 1 amide bonds. The predicted molar refractivity (Wildman–Crippen MR) is 123 cm³/mol. The molecule has 2 saturated heterocycles. The molecule has 6 heteroatoms. The Labute approximate surface area is 190 Å². The molecule has 1 aromatic carbocycles. The molecule has 4 rings (SSSR count). The third-order valence-electron chi connectivity index (χ3n) is 6.54. The summed E-state index contributed by atoms with van der Waals surface area (Å²) in [5.74, 6) is 1.58. The fourth-order valence-corrected chi connectivity index (χ4v) is 4.82. The summed E-state index contributed by atoms with van der Waals surface area (Å²) >= 11 is 5.85. The van der Waals surface area contributed by atoms with E-state index in [2.05, 4.69) is 41.9 Å². The van der Waals surface area contributed by atoms with Crippen LogP contribution in [0.4, 0.5) is 0 Å². The van der Waals surface area contributed by atoms with E-state index in [1.807, 2.05) is 11.0 Å². The summed E-state index contributed by atoms with van der Waals surface area (Å²) in [5, 5.41) is 0.413. The third kappa shape index (κ3) is 5.39. The number of carbonyl (C=O) groups excluding carboxylic acids is 1. The van der Waals surface area contributed by atoms with E-state index >= 15 is 0 Å². The van der Waals surface area contributed by atoms with Crippen molar-refractivity contribution < 1.29 is 9.53 Å². The number of nitrogens with zero attached hydrogens (tertiary/aromatic N) is 3. The van der Waals surface area contributed by atoms with Crippen LogP contribution in [0.5, 0.6) is 5.75 Å². The van der Waals surface area contributed by atoms with Crippen LogP contribution in [0, 0.1) is 11.3 Å². The van der Waals surface area contributed by atoms with Gasteiger partial charge in [-0.1, -0.05) is 43.6 Å². The minimum absolute atomic E-state index is 0.0603. The second kappa shape index (κ2) is 9.58. The van der Waals surface area contributed by atoms with Crippen molar-refractivity contribution in [2.75, 3.05) is 32.8 Å². The molecular weight excluding hydrogens is 410 g/mol. The summed E-state index contributed by atoms with van der Waals surface area (Å²) < 4.78 is 6.05. The summed E-state index contributed by atoms with van der Waals surface area (Å²) in [7, 11) is 0. The van der Waals surface area contributed by atoms with Crippen LogP contribution in [0.2, 0.25) is 5.15 Å². The Morgan fingerprint density at radius 1 is 1.13 bits per heavy atom. The number of para-hydroxylation sites is 1. The van der Waals surface area contributed by atoms with Crippen LogP contribution < -0.4 is 4.74 Å². The second-order valence-electron chi connectivity index (χ2n) is 9.44. The molecule has 0 aliphatic carbocycles. The summed E-state index contributed by atoms with van der Waals surface area (Å²) in [5.41, 5.74) is 2.21. The van der Waals surface area contributed by atoms with Gasteiger partial charge < -0.3 is 9.64 Å². The summed E-state index contributed by atoms with van der Waals surface area (Å²) in [4.78, 5) is 21.4. The molecule has 2 aliphatic heterocycles. The van der Waals surface area contributed by atoms with Gasteiger partial charge in [-0.25, -0.2) is 4.98 Å². The number of carbonyl (C=O) groups is 1. The monoisotopic (exact) mass is 441 g/mol. The van der Waals surface area contributed by atoms with Gasteiger partial charge >= 0.3 is 0 Å². The number of aromatic nitrogens is 1. The zero-order chi connectivity index (χ0) is 21.8. The Morgan fingerprint density at radius 2 is 1.87 bits per heavy atom. The highest BCUT2D eigenvalue weighted by atomic mass is 35.5. The van der Waals surface area contributed by atoms with Crippen molar-refractivity contribution in [3.63, 3.8) is 0 Å². The van der Waals surface area contributed by atoms with Crippen molar-refractivity contribution in [3.05, 3.63) is 58.9 Å². The molecule has 0 N–H and O–H groups in total. The van der Waals surface area contributed by atoms with E-state index in [4.69, 9.17) is 16.3 Å². The van der Waals surface area contributed by atoms with Gasteiger partial charge in [0.25, 0.3) is 5.91 Å². The Balaban J connectivity index is 1.32. The van der Waals surface area contributed by atoms with Crippen molar-refractivity contribution in [2.45, 2.75) is 39.7 Å². The van der Waals surface area contributed by atoms with E-state index in [1.165, 1.54) is 12.0 Å². The number of amides is 1. The molecule has 0 radical (unpaired) electrons. The van der Waals surface area contributed by atoms with Gasteiger partial charge in [0.2, 0.25) is 0 Å². The zero-order valence-electron chi connectivity index (χ0n) is 18.5. The molecule has 2 aromatic rings. The summed E-state index contributed by atoms with van der Waals surface area (Å²) in [6.07, 6.45) is 4.89. The SMILES string of the molecule is CC(C)COc1ccccc1CN1CCC2(CCN(C(=O)c3ccc(Cl)nc3)CC2)C1. The van der Waals surface area contributed by atoms with E-state index in [-0.39, 0.29) is 5.91 Å². The van der Waals surface area contributed by atoms with Gasteiger partial charge in [0.15, 0.2) is 0 Å². The number of ether oxygens (including phenoxy) is 1. The van der Waals surface area contributed by atoms with Crippen molar-refractivity contribution in [1.82, 2.24) is 14.8 Å². The number of pyridine rings is 1. The molecule has 31 heavy (non-hydrogen) atoms. The van der Waals surface area contributed by atoms with Gasteiger partial charge in [-0.2, -0.15) is 0 Å². The van der Waals surface area contributed by atoms with Crippen LogP contribution in [0.3, 0.4) is 0 Å². The summed E-state index contributed by atoms with van der Waals surface area (Å²) in [6.45, 7) is 9.83. The number of likely N-dealkylation sites (tertiary alicyclic amines) is 2. The first-order chi connectivity index (χ1) is 14.9. The average Bonchev–Trinajstić information content (AvgIpc) is 3.15. The lowest BCUT2D eigenvalue weighted by Gasteiger charge is -2.39. The molecule has 166 valence electrons. The molecular formula is C25H32ClN3O2. The van der Waals surface area contributed by atoms with Crippen LogP contribution in [-0.4, -0.2) is 53.5 Å². The predicted octanol–water partition coefficient (Wildman–Crippen LogP) is 4.90. The van der Waals surface area contributed by atoms with E-state index in [0.717, 1.165) is 57.9 Å². The van der Waals surface area contributed by atoms with Crippen LogP contribution >= 0.6 is 11.6 Å². The van der Waals surface area contributed by atoms with E-state index < -0.39 is 0 Å². The zero-order valence-corrected chi connectivity index (χ0v) is 19.3. The highest BCUT2D eigenvalue weighted by Crippen LogP contribution is 2.41. The maximum Gasteiger partial charge on any atom is 0.255 e. The minimum Gasteiger partial charge on any atom is -0.493 e. The summed E-state index contributed by atoms with van der Waals surface area (Å²) in [6, 6.07) is 11.9. The number of hydrogen-bond donors (Lipinski definition) is 0. The lowest BCUT2D eigenvalue weighted by Crippen LogP contribution is -2.44. The van der Waals surface area contributed by atoms with Crippen LogP contribution in [-0.2, 0) is 6.54 Å². The number of piperidine rings is 1. The van der Waals surface area contributed by atoms with E-state index in [9.17, 15) is 4.79 Å². The first-order valence-corrected chi connectivity index (χ1v) is 11.7. The smallest absolute Gasteiger partial charge is 0.255 e. The normalized spacial score (nSPS) is 18.6. The van der Waals surface area contributed by atoms with Crippen molar-refractivity contribution in [1.29, 1.82) is 0 Å². The molecule has 0 unspecified atom stereocenters. The van der Waals surface area contributed by atoms with Crippen molar-refractivity contribution in [3.8, 4) is 5.75 Å². The number of hydrogen-bond acceptors (Lipinski definition) is 4. The maximum atomic E-state index is 12.8. The molecule has 0 saturated carbocycles. The van der Waals surface area contributed by atoms with Gasteiger partial charge in [0, 0.05) is 37.9 Å². The van der Waals surface area contributed by atoms with Gasteiger partial charge in [-0.3, -0.25) is 9.69 Å². The van der Waals surface area contributed by atoms with Crippen LogP contribution in [0.1, 0.15) is 49.0 Å². The fraction of sp³-hybridized carbons (Fsp3) is 0.520. The van der Waals surface area contributed by atoms with Gasteiger partial charge in [0.1, 0.15) is 10.9 Å². The number of rotatable bonds is 6. The van der Waals surface area contributed by atoms with Crippen LogP contribution in [0.25, 0.3) is 0 Å². The maximum absolute atomic E-state index is 12.8. The molecule has 1 spiro atoms. The Kier molecular flexibility index (Phi) is 6.83. The fourth-order valence-electron chi connectivity index (χ4n) is 4.71. The molecule has 1 aromatic heterocycles. The quantitative estimate of drug-likeness (QED) is 0.598. The van der Waals surface area contributed by atoms with Gasteiger partial charge in [-0.05, 0) is 55.3 Å². The average molecular weight is 442 g/mol. The third-order valence-corrected chi connectivity index (χ3v) is 6.77. The highest BCUT2D eigenvalue weighted by molar-refractivity contribution is 6.29. The number of benzene rings is 1. The van der Waals surface area contributed by atoms with Gasteiger partial charge in [-0.15, -0.1) is 0 Å². The topological polar surface area (TPSA) is 45.7 Å². The van der Waals surface area contributed by atoms with Crippen molar-refractivity contribution >= 4 is 17.5 Å². The molecule has 0 bridgehead atoms. The largest absolute Gasteiger partial charge is 0.493 e.